The van der Waals surface area contributed by atoms with Gasteiger partial charge < -0.3 is 23.5 Å². The molecule has 2 aliphatic heterocycles. The van der Waals surface area contributed by atoms with Crippen molar-refractivity contribution in [3.63, 3.8) is 0 Å². The monoisotopic (exact) mass is 554 g/mol. The highest BCUT2D eigenvalue weighted by atomic mass is 79.9. The van der Waals surface area contributed by atoms with Crippen LogP contribution in [0.4, 0.5) is 0 Å². The summed E-state index contributed by atoms with van der Waals surface area (Å²) in [6, 6.07) is 10.1. The van der Waals surface area contributed by atoms with Crippen LogP contribution in [0.3, 0.4) is 0 Å². The maximum Gasteiger partial charge on any atom is 0.290 e. The molecule has 1 atom stereocenters. The number of benzene rings is 2. The van der Waals surface area contributed by atoms with Crippen molar-refractivity contribution in [3.8, 4) is 11.5 Å². The topological polar surface area (TPSA) is 81.5 Å². The lowest BCUT2D eigenvalue weighted by molar-refractivity contribution is 0.0314. The minimum atomic E-state index is -0.615. The lowest BCUT2D eigenvalue weighted by Gasteiger charge is -2.31. The van der Waals surface area contributed by atoms with Gasteiger partial charge >= 0.3 is 0 Å². The molecule has 36 heavy (non-hydrogen) atoms. The van der Waals surface area contributed by atoms with E-state index in [1.807, 2.05) is 12.1 Å². The number of carbonyl (C=O) groups is 1. The van der Waals surface area contributed by atoms with Crippen molar-refractivity contribution in [1.82, 2.24) is 9.80 Å². The predicted octanol–water partition coefficient (Wildman–Crippen LogP) is 4.01. The summed E-state index contributed by atoms with van der Waals surface area (Å²) in [4.78, 5) is 31.4. The summed E-state index contributed by atoms with van der Waals surface area (Å²) in [6.45, 7) is 8.06. The molecule has 3 aromatic rings. The van der Waals surface area contributed by atoms with Crippen LogP contribution < -0.4 is 14.9 Å². The van der Waals surface area contributed by atoms with Gasteiger partial charge in [-0.05, 0) is 35.9 Å². The van der Waals surface area contributed by atoms with Crippen molar-refractivity contribution in [2.75, 3.05) is 53.1 Å². The number of morpholine rings is 1. The van der Waals surface area contributed by atoms with E-state index in [0.29, 0.717) is 60.9 Å². The lowest BCUT2D eigenvalue weighted by Crippen LogP contribution is -2.42. The van der Waals surface area contributed by atoms with Crippen molar-refractivity contribution in [1.29, 1.82) is 0 Å². The summed E-state index contributed by atoms with van der Waals surface area (Å²) < 4.78 is 23.5. The zero-order chi connectivity index (χ0) is 25.2. The van der Waals surface area contributed by atoms with Crippen LogP contribution in [0.25, 0.3) is 11.0 Å². The molecule has 2 aliphatic rings. The first kappa shape index (κ1) is 24.5. The Balaban J connectivity index is 1.60. The first-order valence-electron chi connectivity index (χ1n) is 11.8. The van der Waals surface area contributed by atoms with Gasteiger partial charge in [-0.15, -0.1) is 0 Å². The number of nitrogens with zero attached hydrogens (tertiary/aromatic N) is 2. The molecule has 1 fully saturated rings. The fraction of sp³-hybridized carbons (Fsp3) is 0.333. The van der Waals surface area contributed by atoms with Crippen molar-refractivity contribution in [3.05, 3.63) is 80.6 Å². The Morgan fingerprint density at radius 2 is 1.92 bits per heavy atom. The van der Waals surface area contributed by atoms with Gasteiger partial charge in [0.15, 0.2) is 16.9 Å². The van der Waals surface area contributed by atoms with Gasteiger partial charge in [0.2, 0.25) is 5.76 Å². The minimum Gasteiger partial charge on any atom is -0.493 e. The third-order valence-electron chi connectivity index (χ3n) is 6.55. The zero-order valence-electron chi connectivity index (χ0n) is 20.0. The number of carbonyl (C=O) groups excluding carboxylic acids is 1. The highest BCUT2D eigenvalue weighted by Crippen LogP contribution is 2.41. The second kappa shape index (κ2) is 10.5. The molecule has 0 spiro atoms. The normalized spacial score (nSPS) is 17.9. The number of hydrogen-bond acceptors (Lipinski definition) is 7. The Morgan fingerprint density at radius 3 is 2.67 bits per heavy atom. The van der Waals surface area contributed by atoms with Gasteiger partial charge in [0, 0.05) is 30.7 Å². The second-order valence-corrected chi connectivity index (χ2v) is 9.60. The van der Waals surface area contributed by atoms with E-state index in [1.165, 1.54) is 0 Å². The standard InChI is InChI=1S/C27H27BrN2O6/c1-3-12-35-21-6-4-17(15-22(21)33-2)24-23-25(31)19-16-18(28)5-7-20(19)36-26(23)27(32)30(24)9-8-29-10-13-34-14-11-29/h3-7,15-16,24H,1,8-14H2,2H3. The van der Waals surface area contributed by atoms with E-state index in [0.717, 1.165) is 23.1 Å². The Bertz CT molecular complexity index is 1360. The number of hydrogen-bond donors (Lipinski definition) is 0. The molecular weight excluding hydrogens is 528 g/mol. The minimum absolute atomic E-state index is 0.0905. The summed E-state index contributed by atoms with van der Waals surface area (Å²) in [5, 5.41) is 0.425. The van der Waals surface area contributed by atoms with E-state index in [1.54, 1.807) is 42.4 Å². The molecule has 5 rings (SSSR count). The smallest absolute Gasteiger partial charge is 0.290 e. The fourth-order valence-electron chi connectivity index (χ4n) is 4.77. The van der Waals surface area contributed by atoms with E-state index in [4.69, 9.17) is 18.6 Å². The molecule has 8 nitrogen and oxygen atoms in total. The molecular formula is C27H27BrN2O6. The number of halogens is 1. The summed E-state index contributed by atoms with van der Waals surface area (Å²) in [5.41, 5.74) is 1.25. The summed E-state index contributed by atoms with van der Waals surface area (Å²) in [5.74, 6) is 0.861. The molecule has 3 heterocycles. The van der Waals surface area contributed by atoms with E-state index in [-0.39, 0.29) is 17.1 Å². The van der Waals surface area contributed by atoms with E-state index < -0.39 is 6.04 Å². The molecule has 1 aromatic heterocycles. The quantitative estimate of drug-likeness (QED) is 0.389. The molecule has 9 heteroatoms. The first-order valence-corrected chi connectivity index (χ1v) is 12.6. The van der Waals surface area contributed by atoms with Gasteiger partial charge in [-0.2, -0.15) is 0 Å². The molecule has 188 valence electrons. The molecule has 2 aromatic carbocycles. The third-order valence-corrected chi connectivity index (χ3v) is 7.04. The van der Waals surface area contributed by atoms with Crippen LogP contribution in [0.1, 0.15) is 27.7 Å². The van der Waals surface area contributed by atoms with Crippen LogP contribution >= 0.6 is 15.9 Å². The van der Waals surface area contributed by atoms with Gasteiger partial charge in [-0.3, -0.25) is 14.5 Å². The van der Waals surface area contributed by atoms with Crippen LogP contribution in [0.15, 0.2) is 62.7 Å². The fourth-order valence-corrected chi connectivity index (χ4v) is 5.13. The van der Waals surface area contributed by atoms with Crippen LogP contribution in [-0.4, -0.2) is 68.8 Å². The van der Waals surface area contributed by atoms with Crippen LogP contribution in [0.2, 0.25) is 0 Å². The molecule has 1 amide bonds. The third kappa shape index (κ3) is 4.54. The predicted molar refractivity (Wildman–Crippen MR) is 139 cm³/mol. The van der Waals surface area contributed by atoms with E-state index in [9.17, 15) is 9.59 Å². The summed E-state index contributed by atoms with van der Waals surface area (Å²) in [6.07, 6.45) is 1.65. The SMILES string of the molecule is C=CCOc1ccc(C2c3c(oc4ccc(Br)cc4c3=O)C(=O)N2CCN2CCOCC2)cc1OC. The molecule has 0 N–H and O–H groups in total. The number of amides is 1. The Labute approximate surface area is 217 Å². The maximum atomic E-state index is 13.8. The van der Waals surface area contributed by atoms with Crippen molar-refractivity contribution in [2.45, 2.75) is 6.04 Å². The Kier molecular flexibility index (Phi) is 7.13. The zero-order valence-corrected chi connectivity index (χ0v) is 21.6. The van der Waals surface area contributed by atoms with Gasteiger partial charge in [0.25, 0.3) is 5.91 Å². The largest absolute Gasteiger partial charge is 0.493 e. The van der Waals surface area contributed by atoms with E-state index in [2.05, 4.69) is 27.4 Å². The second-order valence-electron chi connectivity index (χ2n) is 8.68. The number of ether oxygens (including phenoxy) is 3. The van der Waals surface area contributed by atoms with Crippen LogP contribution in [-0.2, 0) is 4.74 Å². The van der Waals surface area contributed by atoms with Crippen LogP contribution in [0.5, 0.6) is 11.5 Å². The number of rotatable bonds is 8. The highest BCUT2D eigenvalue weighted by molar-refractivity contribution is 9.10. The highest BCUT2D eigenvalue weighted by Gasteiger charge is 2.43. The Hall–Kier alpha value is -3.14. The summed E-state index contributed by atoms with van der Waals surface area (Å²) >= 11 is 3.44. The number of methoxy groups -OCH3 is 1. The molecule has 0 aliphatic carbocycles. The number of fused-ring (bicyclic) bond motifs is 2. The average molecular weight is 555 g/mol. The Morgan fingerprint density at radius 1 is 1.11 bits per heavy atom. The molecule has 0 saturated carbocycles. The van der Waals surface area contributed by atoms with Gasteiger partial charge in [0.1, 0.15) is 12.2 Å². The van der Waals surface area contributed by atoms with Crippen LogP contribution in [0, 0.1) is 0 Å². The van der Waals surface area contributed by atoms with E-state index >= 15 is 0 Å². The first-order chi connectivity index (χ1) is 17.5. The van der Waals surface area contributed by atoms with Gasteiger partial charge in [-0.25, -0.2) is 0 Å². The van der Waals surface area contributed by atoms with Gasteiger partial charge in [0.05, 0.1) is 37.3 Å². The lowest BCUT2D eigenvalue weighted by atomic mass is 9.98. The summed E-state index contributed by atoms with van der Waals surface area (Å²) in [7, 11) is 1.56. The average Bonchev–Trinajstić information content (AvgIpc) is 3.18. The van der Waals surface area contributed by atoms with Crippen molar-refractivity contribution in [2.24, 2.45) is 0 Å². The molecule has 0 bridgehead atoms. The maximum absolute atomic E-state index is 13.8. The van der Waals surface area contributed by atoms with Crippen molar-refractivity contribution >= 4 is 32.8 Å². The van der Waals surface area contributed by atoms with Crippen molar-refractivity contribution < 1.29 is 23.4 Å². The molecule has 1 saturated heterocycles. The molecule has 1 unspecified atom stereocenters. The molecule has 0 radical (unpaired) electrons. The van der Waals surface area contributed by atoms with Gasteiger partial charge in [-0.1, -0.05) is 34.7 Å².